The van der Waals surface area contributed by atoms with Crippen molar-refractivity contribution in [2.75, 3.05) is 5.32 Å². The Labute approximate surface area is 111 Å². The van der Waals surface area contributed by atoms with Gasteiger partial charge >= 0.3 is 0 Å². The Morgan fingerprint density at radius 2 is 2.32 bits per heavy atom. The fraction of sp³-hybridized carbons (Fsp3) is 0.357. The highest BCUT2D eigenvalue weighted by Crippen LogP contribution is 2.33. The summed E-state index contributed by atoms with van der Waals surface area (Å²) in [7, 11) is 0. The summed E-state index contributed by atoms with van der Waals surface area (Å²) in [5, 5.41) is 19.3. The van der Waals surface area contributed by atoms with Gasteiger partial charge in [0.1, 0.15) is 0 Å². The molecule has 1 heterocycles. The highest BCUT2D eigenvalue weighted by Gasteiger charge is 2.28. The van der Waals surface area contributed by atoms with Crippen LogP contribution >= 0.6 is 0 Å². The van der Waals surface area contributed by atoms with Crippen molar-refractivity contribution < 1.29 is 0 Å². The molecule has 1 unspecified atom stereocenters. The zero-order valence-electron chi connectivity index (χ0n) is 10.7. The van der Waals surface area contributed by atoms with Gasteiger partial charge in [-0.2, -0.15) is 10.2 Å². The molecule has 5 nitrogen and oxygen atoms in total. The summed E-state index contributed by atoms with van der Waals surface area (Å²) in [6.45, 7) is 2.16. The molecule has 0 spiro atoms. The molecule has 0 radical (unpaired) electrons. The Bertz CT molecular complexity index is 621. The molecular weight excluding hydrogens is 238 g/mol. The summed E-state index contributed by atoms with van der Waals surface area (Å²) >= 11 is 0. The van der Waals surface area contributed by atoms with Crippen LogP contribution < -0.4 is 5.32 Å². The van der Waals surface area contributed by atoms with Gasteiger partial charge < -0.3 is 5.32 Å². The molecule has 0 bridgehead atoms. The Balaban J connectivity index is 1.78. The number of hydrogen-bond donors (Lipinski definition) is 2. The van der Waals surface area contributed by atoms with Crippen molar-refractivity contribution >= 4 is 5.95 Å². The van der Waals surface area contributed by atoms with E-state index in [0.717, 1.165) is 11.5 Å². The van der Waals surface area contributed by atoms with Crippen molar-refractivity contribution in [3.63, 3.8) is 0 Å². The van der Waals surface area contributed by atoms with Crippen molar-refractivity contribution in [1.82, 2.24) is 15.2 Å². The summed E-state index contributed by atoms with van der Waals surface area (Å²) in [5.41, 5.74) is 1.49. The molecule has 1 aromatic carbocycles. The molecule has 1 atom stereocenters. The Hall–Kier alpha value is -2.35. The van der Waals surface area contributed by atoms with Gasteiger partial charge in [-0.05, 0) is 37.8 Å². The van der Waals surface area contributed by atoms with Gasteiger partial charge in [0.25, 0.3) is 0 Å². The van der Waals surface area contributed by atoms with Crippen LogP contribution in [0.2, 0.25) is 0 Å². The third-order valence-corrected chi connectivity index (χ3v) is 3.44. The second-order valence-corrected chi connectivity index (χ2v) is 4.97. The van der Waals surface area contributed by atoms with E-state index in [2.05, 4.69) is 33.5 Å². The molecule has 1 aliphatic carbocycles. The SMILES string of the molecule is CC(Nc1n[nH]c(-c2cccc(C#N)c2)n1)C1CC1. The van der Waals surface area contributed by atoms with Crippen LogP contribution in [-0.2, 0) is 0 Å². The number of hydrogen-bond acceptors (Lipinski definition) is 4. The minimum absolute atomic E-state index is 0.411. The molecule has 1 aromatic heterocycles. The zero-order chi connectivity index (χ0) is 13.2. The summed E-state index contributed by atoms with van der Waals surface area (Å²) < 4.78 is 0. The average molecular weight is 253 g/mol. The number of benzene rings is 1. The first-order valence-electron chi connectivity index (χ1n) is 6.46. The first-order chi connectivity index (χ1) is 9.26. The number of nitriles is 1. The molecule has 19 heavy (non-hydrogen) atoms. The Morgan fingerprint density at radius 3 is 3.05 bits per heavy atom. The molecule has 0 aliphatic heterocycles. The van der Waals surface area contributed by atoms with Crippen LogP contribution in [0, 0.1) is 17.2 Å². The van der Waals surface area contributed by atoms with Crippen LogP contribution in [0.15, 0.2) is 24.3 Å². The van der Waals surface area contributed by atoms with E-state index in [0.29, 0.717) is 23.4 Å². The first-order valence-corrected chi connectivity index (χ1v) is 6.46. The normalized spacial score (nSPS) is 15.8. The van der Waals surface area contributed by atoms with Gasteiger partial charge in [0, 0.05) is 11.6 Å². The molecule has 3 rings (SSSR count). The first kappa shape index (κ1) is 11.7. The quantitative estimate of drug-likeness (QED) is 0.877. The monoisotopic (exact) mass is 253 g/mol. The molecular formula is C14H15N5. The van der Waals surface area contributed by atoms with Crippen LogP contribution in [0.1, 0.15) is 25.3 Å². The van der Waals surface area contributed by atoms with Gasteiger partial charge in [0.15, 0.2) is 5.82 Å². The van der Waals surface area contributed by atoms with E-state index in [1.54, 1.807) is 12.1 Å². The standard InChI is InChI=1S/C14H15N5/c1-9(11-5-6-11)16-14-17-13(18-19-14)12-4-2-3-10(7-12)8-15/h2-4,7,9,11H,5-6H2,1H3,(H2,16,17,18,19). The van der Waals surface area contributed by atoms with Crippen LogP contribution in [-0.4, -0.2) is 21.2 Å². The number of rotatable bonds is 4. The van der Waals surface area contributed by atoms with E-state index < -0.39 is 0 Å². The van der Waals surface area contributed by atoms with Crippen molar-refractivity contribution in [3.05, 3.63) is 29.8 Å². The van der Waals surface area contributed by atoms with E-state index in [1.807, 2.05) is 12.1 Å². The molecule has 1 fully saturated rings. The molecule has 2 N–H and O–H groups in total. The minimum Gasteiger partial charge on any atom is -0.350 e. The molecule has 0 saturated heterocycles. The molecule has 1 saturated carbocycles. The van der Waals surface area contributed by atoms with Crippen LogP contribution in [0.25, 0.3) is 11.4 Å². The van der Waals surface area contributed by atoms with Gasteiger partial charge in [0.05, 0.1) is 11.6 Å². The number of aromatic nitrogens is 3. The lowest BCUT2D eigenvalue weighted by Gasteiger charge is -2.09. The lowest BCUT2D eigenvalue weighted by molar-refractivity contribution is 0.687. The predicted molar refractivity (Wildman–Crippen MR) is 72.3 cm³/mol. The maximum atomic E-state index is 8.89. The van der Waals surface area contributed by atoms with Crippen molar-refractivity contribution in [3.8, 4) is 17.5 Å². The van der Waals surface area contributed by atoms with Crippen molar-refractivity contribution in [2.24, 2.45) is 5.92 Å². The highest BCUT2D eigenvalue weighted by atomic mass is 15.3. The van der Waals surface area contributed by atoms with Gasteiger partial charge in [-0.3, -0.25) is 5.10 Å². The van der Waals surface area contributed by atoms with Gasteiger partial charge in [0.2, 0.25) is 5.95 Å². The number of H-pyrrole nitrogens is 1. The topological polar surface area (TPSA) is 77.4 Å². The number of aromatic amines is 1. The lowest BCUT2D eigenvalue weighted by atomic mass is 10.1. The summed E-state index contributed by atoms with van der Waals surface area (Å²) in [4.78, 5) is 4.42. The Morgan fingerprint density at radius 1 is 1.47 bits per heavy atom. The summed E-state index contributed by atoms with van der Waals surface area (Å²) in [6, 6.07) is 9.86. The highest BCUT2D eigenvalue weighted by molar-refractivity contribution is 5.58. The smallest absolute Gasteiger partial charge is 0.242 e. The third kappa shape index (κ3) is 2.58. The van der Waals surface area contributed by atoms with Crippen LogP contribution in [0.3, 0.4) is 0 Å². The molecule has 1 aliphatic rings. The summed E-state index contributed by atoms with van der Waals surface area (Å²) in [6.07, 6.45) is 2.57. The second kappa shape index (κ2) is 4.73. The molecule has 0 amide bonds. The average Bonchev–Trinajstić information content (AvgIpc) is 3.20. The van der Waals surface area contributed by atoms with Gasteiger partial charge in [-0.25, -0.2) is 0 Å². The van der Waals surface area contributed by atoms with Gasteiger partial charge in [-0.1, -0.05) is 12.1 Å². The second-order valence-electron chi connectivity index (χ2n) is 4.97. The Kier molecular flexibility index (Phi) is 2.92. The van der Waals surface area contributed by atoms with E-state index in [4.69, 9.17) is 5.26 Å². The number of anilines is 1. The third-order valence-electron chi connectivity index (χ3n) is 3.44. The number of nitrogens with zero attached hydrogens (tertiary/aromatic N) is 3. The lowest BCUT2D eigenvalue weighted by Crippen LogP contribution is -2.18. The fourth-order valence-electron chi connectivity index (χ4n) is 2.11. The summed E-state index contributed by atoms with van der Waals surface area (Å²) in [5.74, 6) is 2.06. The molecule has 96 valence electrons. The van der Waals surface area contributed by atoms with Crippen LogP contribution in [0.5, 0.6) is 0 Å². The van der Waals surface area contributed by atoms with E-state index in [1.165, 1.54) is 12.8 Å². The van der Waals surface area contributed by atoms with Crippen LogP contribution in [0.4, 0.5) is 5.95 Å². The predicted octanol–water partition coefficient (Wildman–Crippen LogP) is 2.55. The van der Waals surface area contributed by atoms with Gasteiger partial charge in [-0.15, -0.1) is 5.10 Å². The molecule has 2 aromatic rings. The zero-order valence-corrected chi connectivity index (χ0v) is 10.7. The fourth-order valence-corrected chi connectivity index (χ4v) is 2.11. The molecule has 5 heteroatoms. The maximum absolute atomic E-state index is 8.89. The minimum atomic E-state index is 0.411. The van der Waals surface area contributed by atoms with Crippen molar-refractivity contribution in [1.29, 1.82) is 5.26 Å². The number of nitrogens with one attached hydrogen (secondary N) is 2. The van der Waals surface area contributed by atoms with E-state index in [-0.39, 0.29) is 0 Å². The van der Waals surface area contributed by atoms with Crippen molar-refractivity contribution in [2.45, 2.75) is 25.8 Å². The van der Waals surface area contributed by atoms with E-state index >= 15 is 0 Å². The largest absolute Gasteiger partial charge is 0.350 e. The maximum Gasteiger partial charge on any atom is 0.242 e. The van der Waals surface area contributed by atoms with E-state index in [9.17, 15) is 0 Å².